The molecular weight excluding hydrogens is 455 g/mol. The highest BCUT2D eigenvalue weighted by Gasteiger charge is 2.31. The molecule has 1 amide bonds. The molecule has 0 aromatic heterocycles. The molecule has 2 heterocycles. The number of hydrogen-bond donors (Lipinski definition) is 3. The number of aliphatic hydroxyl groups excluding tert-OH is 1. The van der Waals surface area contributed by atoms with Crippen molar-refractivity contribution in [2.24, 2.45) is 0 Å². The molecule has 0 spiro atoms. The lowest BCUT2D eigenvalue weighted by molar-refractivity contribution is -0.125. The SMILES string of the molecule is O=C(C[C@H]1C=C[C@H](NS(=O)(=O)c2cccc(F)c2)[C@@H](CO)O1)NCc1ccc2c(c1)OCO2. The van der Waals surface area contributed by atoms with E-state index in [2.05, 4.69) is 10.0 Å². The Morgan fingerprint density at radius 3 is 2.73 bits per heavy atom. The summed E-state index contributed by atoms with van der Waals surface area (Å²) < 4.78 is 57.1. The summed E-state index contributed by atoms with van der Waals surface area (Å²) in [6.45, 7) is -0.0245. The molecule has 4 rings (SSSR count). The van der Waals surface area contributed by atoms with E-state index in [9.17, 15) is 22.7 Å². The fourth-order valence-electron chi connectivity index (χ4n) is 3.50. The highest BCUT2D eigenvalue weighted by atomic mass is 32.2. The molecule has 0 bridgehead atoms. The summed E-state index contributed by atoms with van der Waals surface area (Å²) in [5, 5.41) is 12.5. The Morgan fingerprint density at radius 2 is 1.94 bits per heavy atom. The largest absolute Gasteiger partial charge is 0.454 e. The number of halogens is 1. The second-order valence-electron chi connectivity index (χ2n) is 7.55. The third-order valence-corrected chi connectivity index (χ3v) is 6.63. The summed E-state index contributed by atoms with van der Waals surface area (Å²) in [6.07, 6.45) is 1.52. The normalized spacial score (nSPS) is 21.7. The first kappa shape index (κ1) is 23.2. The van der Waals surface area contributed by atoms with Crippen molar-refractivity contribution in [3.05, 3.63) is 66.0 Å². The fourth-order valence-corrected chi connectivity index (χ4v) is 4.75. The average Bonchev–Trinajstić information content (AvgIpc) is 3.26. The number of ether oxygens (including phenoxy) is 3. The molecule has 2 aromatic carbocycles. The van der Waals surface area contributed by atoms with Gasteiger partial charge in [-0.1, -0.05) is 24.3 Å². The predicted molar refractivity (Wildman–Crippen MR) is 114 cm³/mol. The van der Waals surface area contributed by atoms with Crippen molar-refractivity contribution < 1.29 is 36.9 Å². The van der Waals surface area contributed by atoms with Gasteiger partial charge in [-0.15, -0.1) is 0 Å². The molecule has 0 radical (unpaired) electrons. The minimum atomic E-state index is -4.04. The van der Waals surface area contributed by atoms with Crippen molar-refractivity contribution in [1.82, 2.24) is 10.0 Å². The number of rotatable bonds is 8. The quantitative estimate of drug-likeness (QED) is 0.488. The topological polar surface area (TPSA) is 123 Å². The van der Waals surface area contributed by atoms with Gasteiger partial charge in [0.25, 0.3) is 0 Å². The van der Waals surface area contributed by atoms with E-state index in [1.165, 1.54) is 18.2 Å². The van der Waals surface area contributed by atoms with Crippen LogP contribution in [0.2, 0.25) is 0 Å². The number of benzene rings is 2. The number of sulfonamides is 1. The van der Waals surface area contributed by atoms with Gasteiger partial charge < -0.3 is 24.6 Å². The van der Waals surface area contributed by atoms with Crippen molar-refractivity contribution in [2.45, 2.75) is 36.1 Å². The van der Waals surface area contributed by atoms with E-state index in [1.54, 1.807) is 18.2 Å². The van der Waals surface area contributed by atoms with E-state index in [-0.39, 0.29) is 30.6 Å². The summed E-state index contributed by atoms with van der Waals surface area (Å²) in [6, 6.07) is 9.10. The van der Waals surface area contributed by atoms with E-state index in [0.717, 1.165) is 17.7 Å². The van der Waals surface area contributed by atoms with Crippen molar-refractivity contribution in [1.29, 1.82) is 0 Å². The molecule has 33 heavy (non-hydrogen) atoms. The minimum absolute atomic E-state index is 0.0130. The molecule has 0 fully saturated rings. The zero-order chi connectivity index (χ0) is 23.4. The van der Waals surface area contributed by atoms with Gasteiger partial charge in [0.15, 0.2) is 11.5 Å². The number of carbonyl (C=O) groups is 1. The Hall–Kier alpha value is -2.99. The summed E-state index contributed by atoms with van der Waals surface area (Å²) in [5.74, 6) is 0.318. The Labute approximate surface area is 190 Å². The molecule has 9 nitrogen and oxygen atoms in total. The Bertz CT molecular complexity index is 1160. The van der Waals surface area contributed by atoms with E-state index in [0.29, 0.717) is 11.5 Å². The van der Waals surface area contributed by atoms with Gasteiger partial charge in [-0.25, -0.2) is 17.5 Å². The van der Waals surface area contributed by atoms with E-state index in [4.69, 9.17) is 14.2 Å². The molecule has 2 aliphatic rings. The number of carbonyl (C=O) groups excluding carboxylic acids is 1. The van der Waals surface area contributed by atoms with Crippen LogP contribution in [0.3, 0.4) is 0 Å². The molecule has 0 saturated carbocycles. The summed E-state index contributed by atoms with van der Waals surface area (Å²) in [7, 11) is -4.04. The van der Waals surface area contributed by atoms with Crippen LogP contribution in [0.25, 0.3) is 0 Å². The van der Waals surface area contributed by atoms with Crippen LogP contribution in [0.4, 0.5) is 4.39 Å². The molecular formula is C22H23FN2O7S. The third-order valence-electron chi connectivity index (χ3n) is 5.17. The van der Waals surface area contributed by atoms with Gasteiger partial charge in [-0.3, -0.25) is 4.79 Å². The molecule has 3 N–H and O–H groups in total. The van der Waals surface area contributed by atoms with Gasteiger partial charge in [-0.05, 0) is 35.9 Å². The number of nitrogens with one attached hydrogen (secondary N) is 2. The predicted octanol–water partition coefficient (Wildman–Crippen LogP) is 1.22. The van der Waals surface area contributed by atoms with Crippen LogP contribution in [-0.4, -0.2) is 51.1 Å². The second-order valence-corrected chi connectivity index (χ2v) is 9.27. The molecule has 0 saturated heterocycles. The van der Waals surface area contributed by atoms with Gasteiger partial charge >= 0.3 is 0 Å². The van der Waals surface area contributed by atoms with Crippen LogP contribution >= 0.6 is 0 Å². The second kappa shape index (κ2) is 9.87. The van der Waals surface area contributed by atoms with Gasteiger partial charge in [-0.2, -0.15) is 0 Å². The van der Waals surface area contributed by atoms with Crippen LogP contribution in [0.5, 0.6) is 11.5 Å². The van der Waals surface area contributed by atoms with Gasteiger partial charge in [0, 0.05) is 6.54 Å². The smallest absolute Gasteiger partial charge is 0.241 e. The standard InChI is InChI=1S/C22H23FN2O7S/c23-15-2-1-3-17(9-15)33(28,29)25-18-6-5-16(32-21(18)12-26)10-22(27)24-11-14-4-7-19-20(8-14)31-13-30-19/h1-9,16,18,21,25-26H,10-13H2,(H,24,27)/t16-,18+,21-/m1/s1. The lowest BCUT2D eigenvalue weighted by Crippen LogP contribution is -2.49. The van der Waals surface area contributed by atoms with Crippen molar-refractivity contribution in [3.8, 4) is 11.5 Å². The van der Waals surface area contributed by atoms with E-state index >= 15 is 0 Å². The molecule has 176 valence electrons. The first-order valence-corrected chi connectivity index (χ1v) is 11.7. The van der Waals surface area contributed by atoms with Gasteiger partial charge in [0.1, 0.15) is 11.9 Å². The Balaban J connectivity index is 1.33. The van der Waals surface area contributed by atoms with Crippen molar-refractivity contribution in [2.75, 3.05) is 13.4 Å². The summed E-state index contributed by atoms with van der Waals surface area (Å²) >= 11 is 0. The lowest BCUT2D eigenvalue weighted by Gasteiger charge is -2.31. The maximum atomic E-state index is 13.4. The fraction of sp³-hybridized carbons (Fsp3) is 0.318. The van der Waals surface area contributed by atoms with Gasteiger partial charge in [0.2, 0.25) is 22.7 Å². The number of fused-ring (bicyclic) bond motifs is 1. The maximum absolute atomic E-state index is 13.4. The summed E-state index contributed by atoms with van der Waals surface area (Å²) in [4.78, 5) is 12.1. The molecule has 11 heteroatoms. The zero-order valence-corrected chi connectivity index (χ0v) is 18.3. The number of amides is 1. The first-order chi connectivity index (χ1) is 15.8. The van der Waals surface area contributed by atoms with Crippen LogP contribution in [0.15, 0.2) is 59.5 Å². The lowest BCUT2D eigenvalue weighted by atomic mass is 10.1. The number of aliphatic hydroxyl groups is 1. The van der Waals surface area contributed by atoms with Crippen molar-refractivity contribution in [3.63, 3.8) is 0 Å². The first-order valence-electron chi connectivity index (χ1n) is 10.2. The molecule has 2 aromatic rings. The van der Waals surface area contributed by atoms with Crippen LogP contribution in [0, 0.1) is 5.82 Å². The van der Waals surface area contributed by atoms with Crippen molar-refractivity contribution >= 4 is 15.9 Å². The number of hydrogen-bond acceptors (Lipinski definition) is 7. The zero-order valence-electron chi connectivity index (χ0n) is 17.4. The average molecular weight is 478 g/mol. The highest BCUT2D eigenvalue weighted by Crippen LogP contribution is 2.32. The third kappa shape index (κ3) is 5.69. The highest BCUT2D eigenvalue weighted by molar-refractivity contribution is 7.89. The Kier molecular flexibility index (Phi) is 6.94. The minimum Gasteiger partial charge on any atom is -0.454 e. The van der Waals surface area contributed by atoms with E-state index in [1.807, 2.05) is 6.07 Å². The van der Waals surface area contributed by atoms with Gasteiger partial charge in [0.05, 0.1) is 30.1 Å². The maximum Gasteiger partial charge on any atom is 0.241 e. The van der Waals surface area contributed by atoms with Crippen LogP contribution in [-0.2, 0) is 26.1 Å². The molecule has 0 unspecified atom stereocenters. The molecule has 0 aliphatic carbocycles. The molecule has 2 aliphatic heterocycles. The van der Waals surface area contributed by atoms with Crippen LogP contribution < -0.4 is 19.5 Å². The van der Waals surface area contributed by atoms with Crippen LogP contribution in [0.1, 0.15) is 12.0 Å². The molecule has 3 atom stereocenters. The van der Waals surface area contributed by atoms with E-state index < -0.39 is 40.7 Å². The Morgan fingerprint density at radius 1 is 1.12 bits per heavy atom. The monoisotopic (exact) mass is 478 g/mol. The summed E-state index contributed by atoms with van der Waals surface area (Å²) in [5.41, 5.74) is 0.841.